The molecule has 0 spiro atoms. The molecule has 0 radical (unpaired) electrons. The number of ether oxygens (including phenoxy) is 2. The summed E-state index contributed by atoms with van der Waals surface area (Å²) >= 11 is 1.53. The van der Waals surface area contributed by atoms with Crippen LogP contribution in [-0.2, 0) is 12.2 Å². The summed E-state index contributed by atoms with van der Waals surface area (Å²) in [6.07, 6.45) is 1.64. The maximum Gasteiger partial charge on any atom is 0.231 e. The zero-order valence-electron chi connectivity index (χ0n) is 17.8. The third-order valence-corrected chi connectivity index (χ3v) is 6.70. The summed E-state index contributed by atoms with van der Waals surface area (Å²) in [7, 11) is 2.12. The first kappa shape index (κ1) is 21.3. The number of rotatable bonds is 5. The highest BCUT2D eigenvalue weighted by atomic mass is 32.2. The van der Waals surface area contributed by atoms with E-state index in [1.807, 2.05) is 25.1 Å². The highest BCUT2D eigenvalue weighted by molar-refractivity contribution is 7.98. The highest BCUT2D eigenvalue weighted by Gasteiger charge is 2.24. The van der Waals surface area contributed by atoms with Gasteiger partial charge in [-0.05, 0) is 49.7 Å². The van der Waals surface area contributed by atoms with Crippen LogP contribution < -0.4 is 14.4 Å². The number of thioether (sulfide) groups is 1. The van der Waals surface area contributed by atoms with E-state index in [1.165, 1.54) is 11.8 Å². The van der Waals surface area contributed by atoms with Crippen molar-refractivity contribution in [3.8, 4) is 23.6 Å². The zero-order valence-corrected chi connectivity index (χ0v) is 18.7. The van der Waals surface area contributed by atoms with Gasteiger partial charge >= 0.3 is 0 Å². The van der Waals surface area contributed by atoms with E-state index in [4.69, 9.17) is 14.5 Å². The Balaban J connectivity index is 1.67. The summed E-state index contributed by atoms with van der Waals surface area (Å²) < 4.78 is 10.9. The molecule has 3 heterocycles. The Morgan fingerprint density at radius 3 is 2.65 bits per heavy atom. The van der Waals surface area contributed by atoms with Crippen molar-refractivity contribution in [3.05, 3.63) is 40.5 Å². The second kappa shape index (κ2) is 9.47. The van der Waals surface area contributed by atoms with Crippen LogP contribution in [0, 0.1) is 22.7 Å². The molecule has 31 heavy (non-hydrogen) atoms. The topological polar surface area (TPSA) is 85.4 Å². The van der Waals surface area contributed by atoms with Crippen molar-refractivity contribution in [1.29, 1.82) is 10.5 Å². The summed E-state index contributed by atoms with van der Waals surface area (Å²) in [4.78, 5) is 9.37. The van der Waals surface area contributed by atoms with E-state index in [1.54, 1.807) is 0 Å². The number of hydrogen-bond donors (Lipinski definition) is 0. The Labute approximate surface area is 187 Å². The number of pyridine rings is 1. The smallest absolute Gasteiger partial charge is 0.231 e. The number of nitriles is 2. The lowest BCUT2D eigenvalue weighted by atomic mass is 10.0. The molecule has 0 aliphatic carbocycles. The van der Waals surface area contributed by atoms with Crippen molar-refractivity contribution in [2.24, 2.45) is 0 Å². The molecule has 1 aromatic carbocycles. The van der Waals surface area contributed by atoms with Crippen molar-refractivity contribution in [1.82, 2.24) is 9.88 Å². The monoisotopic (exact) mass is 435 g/mol. The van der Waals surface area contributed by atoms with Crippen LogP contribution in [0.25, 0.3) is 0 Å². The predicted molar refractivity (Wildman–Crippen MR) is 119 cm³/mol. The second-order valence-corrected chi connectivity index (χ2v) is 8.63. The van der Waals surface area contributed by atoms with E-state index in [0.29, 0.717) is 34.1 Å². The van der Waals surface area contributed by atoms with E-state index in [0.717, 1.165) is 55.2 Å². The molecule has 0 atom stereocenters. The average Bonchev–Trinajstić information content (AvgIpc) is 3.15. The van der Waals surface area contributed by atoms with Gasteiger partial charge in [-0.1, -0.05) is 13.0 Å². The van der Waals surface area contributed by atoms with E-state index in [-0.39, 0.29) is 6.79 Å². The first-order chi connectivity index (χ1) is 15.1. The fourth-order valence-corrected chi connectivity index (χ4v) is 4.90. The molecule has 160 valence electrons. The van der Waals surface area contributed by atoms with Gasteiger partial charge < -0.3 is 19.3 Å². The molecule has 0 unspecified atom stereocenters. The molecular weight excluding hydrogens is 410 g/mol. The minimum absolute atomic E-state index is 0.246. The van der Waals surface area contributed by atoms with Crippen molar-refractivity contribution in [2.45, 2.75) is 30.5 Å². The molecule has 0 saturated carbocycles. The van der Waals surface area contributed by atoms with Crippen molar-refractivity contribution >= 4 is 17.6 Å². The van der Waals surface area contributed by atoms with E-state index in [9.17, 15) is 10.5 Å². The van der Waals surface area contributed by atoms with Crippen molar-refractivity contribution in [2.75, 3.05) is 44.9 Å². The maximum absolute atomic E-state index is 9.92. The lowest BCUT2D eigenvalue weighted by Gasteiger charge is -2.25. The lowest BCUT2D eigenvalue weighted by Crippen LogP contribution is -2.30. The number of nitrogens with zero attached hydrogens (tertiary/aromatic N) is 5. The highest BCUT2D eigenvalue weighted by Crippen LogP contribution is 2.36. The second-order valence-electron chi connectivity index (χ2n) is 7.67. The lowest BCUT2D eigenvalue weighted by molar-refractivity contribution is 0.174. The molecule has 0 bridgehead atoms. The minimum Gasteiger partial charge on any atom is -0.454 e. The molecule has 1 fully saturated rings. The summed E-state index contributed by atoms with van der Waals surface area (Å²) in [5.41, 5.74) is 2.91. The third-order valence-electron chi connectivity index (χ3n) is 5.66. The van der Waals surface area contributed by atoms with Crippen molar-refractivity contribution < 1.29 is 9.47 Å². The van der Waals surface area contributed by atoms with Crippen LogP contribution in [0.2, 0.25) is 0 Å². The standard InChI is InChI=1S/C23H25N5O2S/c1-3-17-18(12-24)22(28-8-4-7-27(2)9-10-28)26-23(19(17)13-25)31-14-16-5-6-20-21(11-16)30-15-29-20/h5-6,11H,3-4,7-10,14-15H2,1-2H3. The molecule has 8 heteroatoms. The Morgan fingerprint density at radius 2 is 1.87 bits per heavy atom. The van der Waals surface area contributed by atoms with Crippen LogP contribution >= 0.6 is 11.8 Å². The van der Waals surface area contributed by atoms with Gasteiger partial charge in [-0.15, -0.1) is 11.8 Å². The van der Waals surface area contributed by atoms with Gasteiger partial charge in [0, 0.05) is 25.4 Å². The molecule has 2 aromatic rings. The number of benzene rings is 1. The molecule has 7 nitrogen and oxygen atoms in total. The Bertz CT molecular complexity index is 1060. The molecule has 2 aliphatic rings. The largest absolute Gasteiger partial charge is 0.454 e. The molecule has 1 aromatic heterocycles. The Hall–Kier alpha value is -2.94. The average molecular weight is 436 g/mol. The fourth-order valence-electron chi connectivity index (χ4n) is 3.96. The first-order valence-corrected chi connectivity index (χ1v) is 11.4. The van der Waals surface area contributed by atoms with Gasteiger partial charge in [-0.3, -0.25) is 0 Å². The molecule has 0 N–H and O–H groups in total. The van der Waals surface area contributed by atoms with Gasteiger partial charge in [-0.25, -0.2) is 4.98 Å². The quantitative estimate of drug-likeness (QED) is 0.659. The summed E-state index contributed by atoms with van der Waals surface area (Å²) in [6.45, 7) is 5.86. The Kier molecular flexibility index (Phi) is 6.50. The van der Waals surface area contributed by atoms with E-state index >= 15 is 0 Å². The van der Waals surface area contributed by atoms with Crippen LogP contribution in [0.1, 0.15) is 35.6 Å². The van der Waals surface area contributed by atoms with Crippen LogP contribution in [0.15, 0.2) is 23.2 Å². The van der Waals surface area contributed by atoms with Gasteiger partial charge in [-0.2, -0.15) is 10.5 Å². The molecular formula is C23H25N5O2S. The minimum atomic E-state index is 0.246. The normalized spacial score (nSPS) is 15.9. The van der Waals surface area contributed by atoms with E-state index < -0.39 is 0 Å². The predicted octanol–water partition coefficient (Wildman–Crippen LogP) is 3.55. The zero-order chi connectivity index (χ0) is 21.8. The molecule has 0 amide bonds. The Morgan fingerprint density at radius 1 is 1.06 bits per heavy atom. The van der Waals surface area contributed by atoms with Crippen LogP contribution in [-0.4, -0.2) is 49.9 Å². The van der Waals surface area contributed by atoms with Gasteiger partial charge in [0.25, 0.3) is 0 Å². The SMILES string of the molecule is CCc1c(C#N)c(SCc2ccc3c(c2)OCO3)nc(N2CCCN(C)CC2)c1C#N. The third kappa shape index (κ3) is 4.41. The molecule has 2 aliphatic heterocycles. The molecule has 1 saturated heterocycles. The fraction of sp³-hybridized carbons (Fsp3) is 0.435. The van der Waals surface area contributed by atoms with Crippen LogP contribution in [0.3, 0.4) is 0 Å². The van der Waals surface area contributed by atoms with E-state index in [2.05, 4.69) is 29.0 Å². The maximum atomic E-state index is 9.92. The number of likely N-dealkylation sites (N-methyl/N-ethyl adjacent to an activating group) is 1. The van der Waals surface area contributed by atoms with Gasteiger partial charge in [0.2, 0.25) is 6.79 Å². The van der Waals surface area contributed by atoms with Gasteiger partial charge in [0.05, 0.1) is 11.1 Å². The number of fused-ring (bicyclic) bond motifs is 1. The summed E-state index contributed by atoms with van der Waals surface area (Å²) in [6, 6.07) is 10.5. The van der Waals surface area contributed by atoms with Crippen LogP contribution in [0.5, 0.6) is 11.5 Å². The summed E-state index contributed by atoms with van der Waals surface area (Å²) in [5.74, 6) is 2.86. The first-order valence-electron chi connectivity index (χ1n) is 10.5. The van der Waals surface area contributed by atoms with Gasteiger partial charge in [0.15, 0.2) is 11.5 Å². The molecule has 4 rings (SSSR count). The number of aromatic nitrogens is 1. The van der Waals surface area contributed by atoms with Gasteiger partial charge in [0.1, 0.15) is 23.0 Å². The van der Waals surface area contributed by atoms with Crippen LogP contribution in [0.4, 0.5) is 5.82 Å². The van der Waals surface area contributed by atoms with Crippen molar-refractivity contribution in [3.63, 3.8) is 0 Å². The number of hydrogen-bond acceptors (Lipinski definition) is 8. The number of anilines is 1. The summed E-state index contributed by atoms with van der Waals surface area (Å²) in [5, 5.41) is 20.5.